The fraction of sp³-hybridized carbons (Fsp3) is 0.0455. The van der Waals surface area contributed by atoms with Crippen molar-refractivity contribution in [3.63, 3.8) is 0 Å². The summed E-state index contributed by atoms with van der Waals surface area (Å²) < 4.78 is 0. The maximum absolute atomic E-state index is 4.51. The lowest BCUT2D eigenvalue weighted by Crippen LogP contribution is -2.02. The predicted molar refractivity (Wildman–Crippen MR) is 104 cm³/mol. The minimum Gasteiger partial charge on any atom is -0.366 e. The molecular formula is C22H18N4. The Hall–Kier alpha value is -3.53. The predicted octanol–water partition coefficient (Wildman–Crippen LogP) is 4.82. The molecule has 0 aliphatic carbocycles. The molecule has 0 aliphatic heterocycles. The van der Waals surface area contributed by atoms with Gasteiger partial charge in [0.2, 0.25) is 0 Å². The van der Waals surface area contributed by atoms with E-state index >= 15 is 0 Å². The van der Waals surface area contributed by atoms with Crippen molar-refractivity contribution >= 4 is 5.82 Å². The molecular weight excluding hydrogens is 320 g/mol. The summed E-state index contributed by atoms with van der Waals surface area (Å²) in [5.41, 5.74) is 5.65. The lowest BCUT2D eigenvalue weighted by molar-refractivity contribution is 1.11. The van der Waals surface area contributed by atoms with E-state index in [4.69, 9.17) is 0 Å². The van der Waals surface area contributed by atoms with E-state index in [0.717, 1.165) is 16.9 Å². The first kappa shape index (κ1) is 16.0. The van der Waals surface area contributed by atoms with Crippen LogP contribution >= 0.6 is 0 Å². The molecule has 26 heavy (non-hydrogen) atoms. The number of aromatic nitrogens is 3. The third kappa shape index (κ3) is 3.59. The molecule has 4 aromatic rings. The Labute approximate surface area is 152 Å². The number of pyridine rings is 1. The Morgan fingerprint density at radius 2 is 1.42 bits per heavy atom. The van der Waals surface area contributed by atoms with Crippen molar-refractivity contribution in [2.45, 2.75) is 6.54 Å². The molecule has 0 saturated heterocycles. The zero-order valence-corrected chi connectivity index (χ0v) is 14.2. The summed E-state index contributed by atoms with van der Waals surface area (Å²) >= 11 is 0. The quantitative estimate of drug-likeness (QED) is 0.567. The fourth-order valence-corrected chi connectivity index (χ4v) is 2.88. The molecule has 0 saturated carbocycles. The minimum atomic E-state index is 0.714. The number of rotatable bonds is 5. The lowest BCUT2D eigenvalue weighted by atomic mass is 10.00. The highest BCUT2D eigenvalue weighted by Crippen LogP contribution is 2.24. The molecule has 0 fully saturated rings. The Balaban J connectivity index is 1.50. The van der Waals surface area contributed by atoms with Crippen molar-refractivity contribution in [1.82, 2.24) is 15.0 Å². The van der Waals surface area contributed by atoms with Crippen LogP contribution in [0.15, 0.2) is 91.6 Å². The van der Waals surface area contributed by atoms with E-state index < -0.39 is 0 Å². The molecule has 0 radical (unpaired) electrons. The highest BCUT2D eigenvalue weighted by molar-refractivity contribution is 5.68. The second-order valence-electron chi connectivity index (χ2n) is 5.94. The largest absolute Gasteiger partial charge is 0.366 e. The number of hydrogen-bond acceptors (Lipinski definition) is 4. The molecule has 4 heteroatoms. The Morgan fingerprint density at radius 1 is 0.654 bits per heavy atom. The van der Waals surface area contributed by atoms with Crippen LogP contribution in [0, 0.1) is 0 Å². The summed E-state index contributed by atoms with van der Waals surface area (Å²) in [6.45, 7) is 0.714. The normalized spacial score (nSPS) is 10.5. The number of nitrogens with one attached hydrogen (secondary N) is 1. The van der Waals surface area contributed by atoms with Crippen molar-refractivity contribution in [2.75, 3.05) is 5.32 Å². The van der Waals surface area contributed by atoms with Gasteiger partial charge in [-0.15, -0.1) is 0 Å². The average molecular weight is 338 g/mol. The number of hydrogen-bond donors (Lipinski definition) is 1. The molecule has 1 N–H and O–H groups in total. The van der Waals surface area contributed by atoms with Crippen LogP contribution in [-0.2, 0) is 6.54 Å². The minimum absolute atomic E-state index is 0.714. The monoisotopic (exact) mass is 338 g/mol. The third-order valence-corrected chi connectivity index (χ3v) is 4.22. The van der Waals surface area contributed by atoms with Crippen molar-refractivity contribution < 1.29 is 0 Å². The molecule has 0 atom stereocenters. The second kappa shape index (κ2) is 7.57. The van der Waals surface area contributed by atoms with Gasteiger partial charge in [-0.25, -0.2) is 15.0 Å². The number of nitrogens with zero attached hydrogens (tertiary/aromatic N) is 3. The summed E-state index contributed by atoms with van der Waals surface area (Å²) in [5, 5.41) is 3.41. The van der Waals surface area contributed by atoms with Crippen molar-refractivity contribution in [3.05, 3.63) is 97.2 Å². The van der Waals surface area contributed by atoms with Crippen molar-refractivity contribution in [3.8, 4) is 22.3 Å². The first-order valence-electron chi connectivity index (χ1n) is 8.49. The van der Waals surface area contributed by atoms with Crippen LogP contribution in [-0.4, -0.2) is 15.0 Å². The molecule has 0 unspecified atom stereocenters. The van der Waals surface area contributed by atoms with Crippen molar-refractivity contribution in [2.24, 2.45) is 0 Å². The summed E-state index contributed by atoms with van der Waals surface area (Å²) in [4.78, 5) is 12.6. The number of anilines is 1. The van der Waals surface area contributed by atoms with Gasteiger partial charge in [-0.3, -0.25) is 0 Å². The maximum atomic E-state index is 4.51. The van der Waals surface area contributed by atoms with Gasteiger partial charge in [0.15, 0.2) is 0 Å². The summed E-state index contributed by atoms with van der Waals surface area (Å²) in [7, 11) is 0. The van der Waals surface area contributed by atoms with Crippen molar-refractivity contribution in [1.29, 1.82) is 0 Å². The maximum Gasteiger partial charge on any atom is 0.126 e. The lowest BCUT2D eigenvalue weighted by Gasteiger charge is -2.11. The first-order chi connectivity index (χ1) is 12.9. The van der Waals surface area contributed by atoms with E-state index in [2.05, 4.69) is 68.8 Å². The molecule has 0 bridgehead atoms. The van der Waals surface area contributed by atoms with Crippen LogP contribution < -0.4 is 5.32 Å². The first-order valence-corrected chi connectivity index (χ1v) is 8.49. The third-order valence-electron chi connectivity index (χ3n) is 4.22. The van der Waals surface area contributed by atoms with Gasteiger partial charge in [0.05, 0.1) is 0 Å². The summed E-state index contributed by atoms with van der Waals surface area (Å²) in [5.74, 6) is 0.841. The zero-order chi connectivity index (χ0) is 17.6. The molecule has 0 amide bonds. The van der Waals surface area contributed by atoms with E-state index in [-0.39, 0.29) is 0 Å². The smallest absolute Gasteiger partial charge is 0.126 e. The van der Waals surface area contributed by atoms with Crippen LogP contribution in [0.5, 0.6) is 0 Å². The van der Waals surface area contributed by atoms with Crippen LogP contribution in [0.1, 0.15) is 5.56 Å². The highest BCUT2D eigenvalue weighted by atomic mass is 15.0. The molecule has 0 spiro atoms. The molecule has 2 heterocycles. The zero-order valence-electron chi connectivity index (χ0n) is 14.2. The second-order valence-corrected chi connectivity index (χ2v) is 5.94. The molecule has 4 rings (SSSR count). The van der Waals surface area contributed by atoms with Crippen LogP contribution in [0.2, 0.25) is 0 Å². The topological polar surface area (TPSA) is 50.7 Å². The standard InChI is InChI=1S/C22H18N4/c1-2-6-17(7-3-1)21-9-5-4-8-19(21)15-26-22-11-10-18(14-25-22)20-12-23-16-24-13-20/h1-14,16H,15H2,(H,25,26). The summed E-state index contributed by atoms with van der Waals surface area (Å²) in [6, 6.07) is 22.9. The van der Waals surface area contributed by atoms with Gasteiger partial charge >= 0.3 is 0 Å². The van der Waals surface area contributed by atoms with E-state index in [1.54, 1.807) is 12.4 Å². The van der Waals surface area contributed by atoms with Gasteiger partial charge in [-0.1, -0.05) is 54.6 Å². The van der Waals surface area contributed by atoms with E-state index in [9.17, 15) is 0 Å². The van der Waals surface area contributed by atoms with E-state index in [1.165, 1.54) is 23.0 Å². The molecule has 2 aromatic heterocycles. The fourth-order valence-electron chi connectivity index (χ4n) is 2.88. The summed E-state index contributed by atoms with van der Waals surface area (Å²) in [6.07, 6.45) is 6.93. The SMILES string of the molecule is c1ccc(-c2ccccc2CNc2ccc(-c3cncnc3)cn2)cc1. The Morgan fingerprint density at radius 3 is 2.19 bits per heavy atom. The van der Waals surface area contributed by atoms with Gasteiger partial charge in [-0.2, -0.15) is 0 Å². The average Bonchev–Trinajstić information content (AvgIpc) is 2.74. The van der Waals surface area contributed by atoms with Crippen LogP contribution in [0.25, 0.3) is 22.3 Å². The van der Waals surface area contributed by atoms with Gasteiger partial charge in [-0.05, 0) is 28.8 Å². The van der Waals surface area contributed by atoms with Gasteiger partial charge in [0.25, 0.3) is 0 Å². The van der Waals surface area contributed by atoms with Crippen LogP contribution in [0.3, 0.4) is 0 Å². The van der Waals surface area contributed by atoms with E-state index in [0.29, 0.717) is 6.54 Å². The molecule has 4 nitrogen and oxygen atoms in total. The Kier molecular flexibility index (Phi) is 4.65. The van der Waals surface area contributed by atoms with Gasteiger partial charge in [0.1, 0.15) is 12.1 Å². The molecule has 0 aliphatic rings. The highest BCUT2D eigenvalue weighted by Gasteiger charge is 2.05. The van der Waals surface area contributed by atoms with Gasteiger partial charge < -0.3 is 5.32 Å². The van der Waals surface area contributed by atoms with Gasteiger partial charge in [0, 0.05) is 36.3 Å². The van der Waals surface area contributed by atoms with Crippen LogP contribution in [0.4, 0.5) is 5.82 Å². The molecule has 126 valence electrons. The Bertz CT molecular complexity index is 968. The molecule has 2 aromatic carbocycles. The number of benzene rings is 2. The van der Waals surface area contributed by atoms with E-state index in [1.807, 2.05) is 24.4 Å².